The summed E-state index contributed by atoms with van der Waals surface area (Å²) in [6.45, 7) is 3.50. The highest BCUT2D eigenvalue weighted by atomic mass is 16.6. The molecule has 0 spiro atoms. The van der Waals surface area contributed by atoms with Crippen molar-refractivity contribution < 1.29 is 14.5 Å². The van der Waals surface area contributed by atoms with Crippen molar-refractivity contribution in [1.29, 1.82) is 0 Å². The van der Waals surface area contributed by atoms with Crippen molar-refractivity contribution in [3.05, 3.63) is 34.4 Å². The molecule has 0 fully saturated rings. The maximum Gasteiger partial charge on any atom is 0.269 e. The number of non-ortho nitro benzene ring substituents is 1. The van der Waals surface area contributed by atoms with Gasteiger partial charge in [-0.3, -0.25) is 14.9 Å². The summed E-state index contributed by atoms with van der Waals surface area (Å²) in [4.78, 5) is 20.7. The number of ether oxygens (including phenoxy) is 1. The first-order valence-electron chi connectivity index (χ1n) is 4.90. The number of nitrogens with zero attached hydrogens (tertiary/aromatic N) is 1. The Morgan fingerprint density at radius 3 is 2.38 bits per heavy atom. The molecular weight excluding hydrogens is 210 g/mol. The summed E-state index contributed by atoms with van der Waals surface area (Å²) in [6.07, 6.45) is 1.27. The second-order valence-corrected chi connectivity index (χ2v) is 3.64. The van der Waals surface area contributed by atoms with Crippen LogP contribution in [0.1, 0.15) is 20.3 Å². The van der Waals surface area contributed by atoms with E-state index in [2.05, 4.69) is 0 Å². The van der Waals surface area contributed by atoms with Crippen LogP contribution in [0.4, 0.5) is 5.69 Å². The Balaban J connectivity index is 2.83. The Labute approximate surface area is 93.2 Å². The van der Waals surface area contributed by atoms with Gasteiger partial charge in [0.2, 0.25) is 0 Å². The molecule has 0 aliphatic heterocycles. The van der Waals surface area contributed by atoms with Gasteiger partial charge in [-0.2, -0.15) is 0 Å². The molecule has 5 heteroatoms. The molecule has 0 aliphatic carbocycles. The smallest absolute Gasteiger partial charge is 0.269 e. The summed E-state index contributed by atoms with van der Waals surface area (Å²) in [7, 11) is 0. The van der Waals surface area contributed by atoms with E-state index in [1.54, 1.807) is 6.92 Å². The average molecular weight is 223 g/mol. The van der Waals surface area contributed by atoms with Crippen LogP contribution in [0.2, 0.25) is 0 Å². The molecule has 0 aromatic heterocycles. The van der Waals surface area contributed by atoms with Gasteiger partial charge in [0.25, 0.3) is 5.69 Å². The molecule has 1 aromatic rings. The van der Waals surface area contributed by atoms with Crippen LogP contribution in [0.5, 0.6) is 5.75 Å². The summed E-state index contributed by atoms with van der Waals surface area (Å²) in [5, 5.41) is 10.4. The van der Waals surface area contributed by atoms with Crippen LogP contribution in [-0.4, -0.2) is 16.8 Å². The first-order valence-corrected chi connectivity index (χ1v) is 4.90. The van der Waals surface area contributed by atoms with Crippen molar-refractivity contribution in [2.24, 2.45) is 0 Å². The normalized spacial score (nSPS) is 13.9. The molecule has 0 radical (unpaired) electrons. The van der Waals surface area contributed by atoms with Crippen LogP contribution in [0.3, 0.4) is 0 Å². The van der Waals surface area contributed by atoms with E-state index in [1.807, 2.05) is 6.92 Å². The molecule has 1 aromatic carbocycles. The maximum atomic E-state index is 10.8. The number of nitro groups is 1. The lowest BCUT2D eigenvalue weighted by Crippen LogP contribution is -2.33. The second kappa shape index (κ2) is 4.74. The van der Waals surface area contributed by atoms with Crippen LogP contribution in [-0.2, 0) is 4.79 Å². The van der Waals surface area contributed by atoms with Crippen molar-refractivity contribution >= 4 is 12.0 Å². The van der Waals surface area contributed by atoms with Gasteiger partial charge >= 0.3 is 0 Å². The molecular formula is C11H13NO4. The number of carbonyl (C=O) groups is 1. The van der Waals surface area contributed by atoms with E-state index in [0.29, 0.717) is 12.2 Å². The van der Waals surface area contributed by atoms with Crippen LogP contribution < -0.4 is 4.74 Å². The number of hydrogen-bond acceptors (Lipinski definition) is 4. The van der Waals surface area contributed by atoms with Crippen molar-refractivity contribution in [2.45, 2.75) is 25.9 Å². The molecule has 0 saturated carbocycles. The number of benzene rings is 1. The topological polar surface area (TPSA) is 69.4 Å². The third-order valence-electron chi connectivity index (χ3n) is 2.35. The number of rotatable bonds is 5. The molecule has 0 amide bonds. The number of nitro benzene ring substituents is 1. The predicted octanol–water partition coefficient (Wildman–Crippen LogP) is 2.34. The highest BCUT2D eigenvalue weighted by Crippen LogP contribution is 2.22. The van der Waals surface area contributed by atoms with Crippen LogP contribution in [0.15, 0.2) is 24.3 Å². The van der Waals surface area contributed by atoms with Crippen LogP contribution in [0.25, 0.3) is 0 Å². The van der Waals surface area contributed by atoms with Gasteiger partial charge < -0.3 is 4.74 Å². The fraction of sp³-hybridized carbons (Fsp3) is 0.364. The minimum absolute atomic E-state index is 0.00310. The molecule has 0 aliphatic rings. The Hall–Kier alpha value is -1.91. The van der Waals surface area contributed by atoms with Gasteiger partial charge in [0, 0.05) is 12.1 Å². The van der Waals surface area contributed by atoms with Gasteiger partial charge in [-0.1, -0.05) is 6.92 Å². The SMILES string of the molecule is CCC(C)(C=O)Oc1ccc([N+](=O)[O-])cc1. The minimum Gasteiger partial charge on any atom is -0.480 e. The first kappa shape index (κ1) is 12.2. The molecule has 86 valence electrons. The fourth-order valence-corrected chi connectivity index (χ4v) is 1.08. The van der Waals surface area contributed by atoms with Gasteiger partial charge in [0.1, 0.15) is 5.75 Å². The van der Waals surface area contributed by atoms with Crippen molar-refractivity contribution in [3.8, 4) is 5.75 Å². The quantitative estimate of drug-likeness (QED) is 0.436. The third kappa shape index (κ3) is 2.79. The van der Waals surface area contributed by atoms with Crippen LogP contribution >= 0.6 is 0 Å². The molecule has 0 saturated heterocycles. The van der Waals surface area contributed by atoms with Crippen molar-refractivity contribution in [1.82, 2.24) is 0 Å². The maximum absolute atomic E-state index is 10.8. The van der Waals surface area contributed by atoms with E-state index >= 15 is 0 Å². The van der Waals surface area contributed by atoms with Crippen molar-refractivity contribution in [2.75, 3.05) is 0 Å². The third-order valence-corrected chi connectivity index (χ3v) is 2.35. The molecule has 1 atom stereocenters. The van der Waals surface area contributed by atoms with Crippen molar-refractivity contribution in [3.63, 3.8) is 0 Å². The molecule has 0 bridgehead atoms. The molecule has 1 unspecified atom stereocenters. The predicted molar refractivity (Wildman–Crippen MR) is 58.5 cm³/mol. The van der Waals surface area contributed by atoms with Gasteiger partial charge in [-0.25, -0.2) is 0 Å². The Bertz CT molecular complexity index is 387. The summed E-state index contributed by atoms with van der Waals surface area (Å²) >= 11 is 0. The molecule has 0 N–H and O–H groups in total. The Kier molecular flexibility index (Phi) is 3.60. The van der Waals surface area contributed by atoms with E-state index in [4.69, 9.17) is 4.74 Å². The average Bonchev–Trinajstić information content (AvgIpc) is 2.29. The minimum atomic E-state index is -0.879. The lowest BCUT2D eigenvalue weighted by molar-refractivity contribution is -0.384. The highest BCUT2D eigenvalue weighted by Gasteiger charge is 2.23. The lowest BCUT2D eigenvalue weighted by atomic mass is 10.1. The zero-order chi connectivity index (χ0) is 12.2. The summed E-state index contributed by atoms with van der Waals surface area (Å²) in [6, 6.07) is 5.65. The highest BCUT2D eigenvalue weighted by molar-refractivity contribution is 5.62. The van der Waals surface area contributed by atoms with Crippen LogP contribution in [0, 0.1) is 10.1 Å². The van der Waals surface area contributed by atoms with Gasteiger partial charge in [-0.15, -0.1) is 0 Å². The van der Waals surface area contributed by atoms with E-state index in [0.717, 1.165) is 6.29 Å². The van der Waals surface area contributed by atoms with E-state index < -0.39 is 10.5 Å². The lowest BCUT2D eigenvalue weighted by Gasteiger charge is -2.22. The number of hydrogen-bond donors (Lipinski definition) is 0. The number of aldehydes is 1. The largest absolute Gasteiger partial charge is 0.480 e. The molecule has 0 heterocycles. The van der Waals surface area contributed by atoms with Gasteiger partial charge in [0.15, 0.2) is 11.9 Å². The van der Waals surface area contributed by atoms with Gasteiger partial charge in [-0.05, 0) is 25.5 Å². The molecule has 5 nitrogen and oxygen atoms in total. The second-order valence-electron chi connectivity index (χ2n) is 3.64. The zero-order valence-electron chi connectivity index (χ0n) is 9.17. The standard InChI is InChI=1S/C11H13NO4/c1-3-11(2,8-13)16-10-6-4-9(5-7-10)12(14)15/h4-8H,3H2,1-2H3. The Morgan fingerprint density at radius 2 is 2.00 bits per heavy atom. The Morgan fingerprint density at radius 1 is 1.44 bits per heavy atom. The fourth-order valence-electron chi connectivity index (χ4n) is 1.08. The van der Waals surface area contributed by atoms with Gasteiger partial charge in [0.05, 0.1) is 4.92 Å². The molecule has 16 heavy (non-hydrogen) atoms. The first-order chi connectivity index (χ1) is 7.50. The van der Waals surface area contributed by atoms with E-state index in [9.17, 15) is 14.9 Å². The zero-order valence-corrected chi connectivity index (χ0v) is 9.17. The van der Waals surface area contributed by atoms with E-state index in [-0.39, 0.29) is 5.69 Å². The summed E-state index contributed by atoms with van der Waals surface area (Å²) in [5.41, 5.74) is -0.882. The molecule has 1 rings (SSSR count). The number of carbonyl (C=O) groups excluding carboxylic acids is 1. The summed E-state index contributed by atoms with van der Waals surface area (Å²) in [5.74, 6) is 0.446. The van der Waals surface area contributed by atoms with E-state index in [1.165, 1.54) is 24.3 Å². The summed E-state index contributed by atoms with van der Waals surface area (Å²) < 4.78 is 5.44. The monoisotopic (exact) mass is 223 g/mol.